The highest BCUT2D eigenvalue weighted by molar-refractivity contribution is 7.80. The molecule has 1 aliphatic rings. The Morgan fingerprint density at radius 3 is 2.33 bits per heavy atom. The molecule has 2 amide bonds. The Labute approximate surface area is 214 Å². The highest BCUT2D eigenvalue weighted by Gasteiger charge is 2.34. The Morgan fingerprint density at radius 1 is 1.14 bits per heavy atom. The van der Waals surface area contributed by atoms with Gasteiger partial charge < -0.3 is 30.9 Å². The number of amides is 2. The van der Waals surface area contributed by atoms with Crippen molar-refractivity contribution < 1.29 is 34.1 Å². The Balaban J connectivity index is 0.000000319. The van der Waals surface area contributed by atoms with Crippen LogP contribution >= 0.6 is 12.2 Å². The number of carbonyl (C=O) groups is 4. The van der Waals surface area contributed by atoms with Gasteiger partial charge in [0.1, 0.15) is 17.8 Å². The maximum absolute atomic E-state index is 12.1. The number of benzene rings is 2. The van der Waals surface area contributed by atoms with E-state index in [1.165, 1.54) is 11.8 Å². The second-order valence-corrected chi connectivity index (χ2v) is 8.74. The van der Waals surface area contributed by atoms with Crippen LogP contribution in [0.4, 0.5) is 5.69 Å². The predicted octanol–water partition coefficient (Wildman–Crippen LogP) is 1.89. The second kappa shape index (κ2) is 13.3. The number of carboxylic acid groups (broad SMARTS) is 2. The summed E-state index contributed by atoms with van der Waals surface area (Å²) in [4.78, 5) is 46.4. The number of thiocarbonyl (C=S) groups is 1. The van der Waals surface area contributed by atoms with Crippen LogP contribution < -0.4 is 15.8 Å². The molecule has 36 heavy (non-hydrogen) atoms. The van der Waals surface area contributed by atoms with Crippen LogP contribution in [0.25, 0.3) is 0 Å². The van der Waals surface area contributed by atoms with Gasteiger partial charge >= 0.3 is 11.9 Å². The van der Waals surface area contributed by atoms with Crippen LogP contribution in [-0.2, 0) is 32.0 Å². The molecular formula is C25H29N3O7S. The van der Waals surface area contributed by atoms with Gasteiger partial charge in [0, 0.05) is 23.9 Å². The van der Waals surface area contributed by atoms with Crippen molar-refractivity contribution in [1.29, 1.82) is 0 Å². The van der Waals surface area contributed by atoms with Gasteiger partial charge in [0.25, 0.3) is 0 Å². The van der Waals surface area contributed by atoms with Crippen molar-refractivity contribution in [2.45, 2.75) is 38.3 Å². The topological polar surface area (TPSA) is 159 Å². The second-order valence-electron chi connectivity index (χ2n) is 8.17. The van der Waals surface area contributed by atoms with Crippen LogP contribution in [0, 0.1) is 0 Å². The third-order valence-electron chi connectivity index (χ3n) is 5.34. The van der Waals surface area contributed by atoms with Gasteiger partial charge in [0.05, 0.1) is 20.1 Å². The van der Waals surface area contributed by atoms with Crippen molar-refractivity contribution in [2.24, 2.45) is 5.73 Å². The molecule has 2 aromatic carbocycles. The van der Waals surface area contributed by atoms with Crippen LogP contribution in [0.1, 0.15) is 24.5 Å². The lowest BCUT2D eigenvalue weighted by molar-refractivity contribution is -0.147. The molecule has 0 saturated carbocycles. The van der Waals surface area contributed by atoms with Crippen molar-refractivity contribution >= 4 is 46.5 Å². The average molecular weight is 516 g/mol. The number of aliphatic carboxylic acids is 2. The van der Waals surface area contributed by atoms with Gasteiger partial charge in [-0.15, -0.1) is 0 Å². The summed E-state index contributed by atoms with van der Waals surface area (Å²) < 4.78 is 5.08. The minimum Gasteiger partial charge on any atom is -0.497 e. The average Bonchev–Trinajstić information content (AvgIpc) is 3.22. The molecule has 10 nitrogen and oxygen atoms in total. The van der Waals surface area contributed by atoms with Crippen molar-refractivity contribution in [3.63, 3.8) is 0 Å². The van der Waals surface area contributed by atoms with E-state index in [1.807, 2.05) is 12.1 Å². The molecule has 1 aliphatic heterocycles. The third-order valence-corrected chi connectivity index (χ3v) is 5.64. The molecular weight excluding hydrogens is 486 g/mol. The Bertz CT molecular complexity index is 1100. The molecule has 1 saturated heterocycles. The number of anilines is 1. The number of ether oxygens (including phenoxy) is 1. The smallest absolute Gasteiger partial charge is 0.326 e. The van der Waals surface area contributed by atoms with Crippen LogP contribution in [-0.4, -0.2) is 69.5 Å². The van der Waals surface area contributed by atoms with E-state index in [2.05, 4.69) is 5.32 Å². The SMILES string of the molecule is CC(=O)N1CC(=S)C[C@H]1C(=O)O.COc1ccc(CC(=O)Nc2cccc(CC(N)C(=O)O)c2)cc1. The molecule has 0 bridgehead atoms. The van der Waals surface area contributed by atoms with E-state index in [4.69, 9.17) is 32.9 Å². The van der Waals surface area contributed by atoms with E-state index in [1.54, 1.807) is 43.5 Å². The molecule has 0 aromatic heterocycles. The summed E-state index contributed by atoms with van der Waals surface area (Å²) >= 11 is 4.85. The molecule has 3 rings (SSSR count). The molecule has 1 heterocycles. The number of carboxylic acids is 2. The molecule has 0 radical (unpaired) electrons. The van der Waals surface area contributed by atoms with E-state index < -0.39 is 24.0 Å². The first-order valence-corrected chi connectivity index (χ1v) is 11.4. The number of nitrogens with two attached hydrogens (primary N) is 1. The standard InChI is InChI=1S/C18H20N2O4.C7H9NO3S/c1-24-15-7-5-12(6-8-15)11-17(21)20-14-4-2-3-13(9-14)10-16(19)18(22)23;1-4(9)8-3-5(12)2-6(8)7(10)11/h2-9,16H,10-11,19H2,1H3,(H,20,21)(H,22,23);6H,2-3H2,1H3,(H,10,11)/t;6-/m.0/s1. The lowest BCUT2D eigenvalue weighted by Gasteiger charge is -2.18. The molecule has 0 aliphatic carbocycles. The lowest BCUT2D eigenvalue weighted by atomic mass is 10.1. The first-order chi connectivity index (χ1) is 17.0. The fourth-order valence-electron chi connectivity index (χ4n) is 3.49. The molecule has 1 unspecified atom stereocenters. The number of rotatable bonds is 8. The number of hydrogen-bond acceptors (Lipinski definition) is 7. The van der Waals surface area contributed by atoms with Crippen LogP contribution in [0.5, 0.6) is 5.75 Å². The molecule has 192 valence electrons. The summed E-state index contributed by atoms with van der Waals surface area (Å²) in [5.74, 6) is -1.68. The maximum Gasteiger partial charge on any atom is 0.326 e. The largest absolute Gasteiger partial charge is 0.497 e. The van der Waals surface area contributed by atoms with E-state index in [0.29, 0.717) is 23.5 Å². The summed E-state index contributed by atoms with van der Waals surface area (Å²) in [5, 5.41) is 20.4. The Morgan fingerprint density at radius 2 is 1.81 bits per heavy atom. The zero-order chi connectivity index (χ0) is 26.8. The first-order valence-electron chi connectivity index (χ1n) is 11.0. The third kappa shape index (κ3) is 8.75. The summed E-state index contributed by atoms with van der Waals surface area (Å²) in [6.45, 7) is 1.66. The lowest BCUT2D eigenvalue weighted by Crippen LogP contribution is -2.39. The zero-order valence-electron chi connectivity index (χ0n) is 20.0. The van der Waals surface area contributed by atoms with Gasteiger partial charge in [-0.05, 0) is 41.8 Å². The molecule has 5 N–H and O–H groups in total. The Hall–Kier alpha value is -3.83. The molecule has 0 spiro atoms. The van der Waals surface area contributed by atoms with Crippen molar-refractivity contribution in [2.75, 3.05) is 19.0 Å². The van der Waals surface area contributed by atoms with Gasteiger partial charge in [-0.25, -0.2) is 4.79 Å². The quantitative estimate of drug-likeness (QED) is 0.385. The van der Waals surface area contributed by atoms with Crippen LogP contribution in [0.3, 0.4) is 0 Å². The molecule has 11 heteroatoms. The number of methoxy groups -OCH3 is 1. The minimum atomic E-state index is -1.05. The van der Waals surface area contributed by atoms with Gasteiger partial charge in [0.2, 0.25) is 11.8 Å². The van der Waals surface area contributed by atoms with Crippen LogP contribution in [0.15, 0.2) is 48.5 Å². The molecule has 1 fully saturated rings. The van der Waals surface area contributed by atoms with E-state index in [-0.39, 0.29) is 24.7 Å². The monoisotopic (exact) mass is 515 g/mol. The number of likely N-dealkylation sites (tertiary alicyclic amines) is 1. The van der Waals surface area contributed by atoms with Gasteiger partial charge in [-0.2, -0.15) is 0 Å². The summed E-state index contributed by atoms with van der Waals surface area (Å²) in [5.41, 5.74) is 7.77. The number of carbonyl (C=O) groups excluding carboxylic acids is 2. The summed E-state index contributed by atoms with van der Waals surface area (Å²) in [7, 11) is 1.59. The zero-order valence-corrected chi connectivity index (χ0v) is 20.8. The number of hydrogen-bond donors (Lipinski definition) is 4. The van der Waals surface area contributed by atoms with Gasteiger partial charge in [-0.3, -0.25) is 14.4 Å². The summed E-state index contributed by atoms with van der Waals surface area (Å²) in [6.07, 6.45) is 0.755. The minimum absolute atomic E-state index is 0.153. The Kier molecular flexibility index (Phi) is 10.5. The number of nitrogens with one attached hydrogen (secondary N) is 1. The van der Waals surface area contributed by atoms with Crippen molar-refractivity contribution in [3.05, 3.63) is 59.7 Å². The highest BCUT2D eigenvalue weighted by Crippen LogP contribution is 2.16. The molecule has 2 aromatic rings. The predicted molar refractivity (Wildman–Crippen MR) is 137 cm³/mol. The maximum atomic E-state index is 12.1. The number of nitrogens with zero attached hydrogens (tertiary/aromatic N) is 1. The fourth-order valence-corrected chi connectivity index (χ4v) is 3.79. The van der Waals surface area contributed by atoms with E-state index in [0.717, 1.165) is 16.9 Å². The molecule has 2 atom stereocenters. The van der Waals surface area contributed by atoms with E-state index in [9.17, 15) is 19.2 Å². The first kappa shape index (κ1) is 28.4. The van der Waals surface area contributed by atoms with Gasteiger partial charge in [0.15, 0.2) is 0 Å². The van der Waals surface area contributed by atoms with E-state index >= 15 is 0 Å². The normalized spacial score (nSPS) is 15.4. The summed E-state index contributed by atoms with van der Waals surface area (Å²) in [6, 6.07) is 12.6. The highest BCUT2D eigenvalue weighted by atomic mass is 32.1. The van der Waals surface area contributed by atoms with Gasteiger partial charge in [-0.1, -0.05) is 36.5 Å². The van der Waals surface area contributed by atoms with Crippen molar-refractivity contribution in [1.82, 2.24) is 4.90 Å². The van der Waals surface area contributed by atoms with Crippen molar-refractivity contribution in [3.8, 4) is 5.75 Å². The van der Waals surface area contributed by atoms with Crippen LogP contribution in [0.2, 0.25) is 0 Å². The fraction of sp³-hybridized carbons (Fsp3) is 0.320.